The van der Waals surface area contributed by atoms with Crippen LogP contribution in [0.25, 0.3) is 0 Å². The fourth-order valence-electron chi connectivity index (χ4n) is 2.01. The van der Waals surface area contributed by atoms with Gasteiger partial charge in [-0.1, -0.05) is 28.1 Å². The fraction of sp³-hybridized carbons (Fsp3) is 0.500. The molecule has 0 saturated carbocycles. The third-order valence-corrected chi connectivity index (χ3v) is 3.94. The van der Waals surface area contributed by atoms with Crippen LogP contribution in [0.3, 0.4) is 0 Å². The Labute approximate surface area is 116 Å². The first-order valence-electron chi connectivity index (χ1n) is 5.69. The molecule has 0 aromatic heterocycles. The molecule has 6 heteroatoms. The molecule has 1 aliphatic heterocycles. The van der Waals surface area contributed by atoms with Crippen molar-refractivity contribution >= 4 is 26.0 Å². The molecular weight excluding hydrogens is 320 g/mol. The van der Waals surface area contributed by atoms with Crippen LogP contribution in [0.2, 0.25) is 0 Å². The van der Waals surface area contributed by atoms with E-state index in [1.54, 1.807) is 0 Å². The van der Waals surface area contributed by atoms with Crippen molar-refractivity contribution in [2.45, 2.75) is 25.0 Å². The van der Waals surface area contributed by atoms with E-state index in [1.807, 2.05) is 24.3 Å². The summed E-state index contributed by atoms with van der Waals surface area (Å²) in [4.78, 5) is 0. The molecule has 0 radical (unpaired) electrons. The Morgan fingerprint density at radius 2 is 2.00 bits per heavy atom. The van der Waals surface area contributed by atoms with Crippen molar-refractivity contribution in [2.24, 2.45) is 0 Å². The number of halogens is 1. The molecular formula is C12H15BrO4S. The standard InChI is InChI=1S/C12H15BrO4S/c1-18(14,15)17-11-6-7-16-12(8-11)9-2-4-10(13)5-3-9/h2-5,11-12H,6-8H2,1H3. The Kier molecular flexibility index (Phi) is 4.42. The predicted octanol–water partition coefficient (Wildman–Crippen LogP) is 2.65. The highest BCUT2D eigenvalue weighted by Crippen LogP contribution is 2.30. The number of rotatable bonds is 3. The number of hydrogen-bond acceptors (Lipinski definition) is 4. The summed E-state index contributed by atoms with van der Waals surface area (Å²) in [6, 6.07) is 7.83. The number of ether oxygens (including phenoxy) is 1. The van der Waals surface area contributed by atoms with Crippen LogP contribution in [0.5, 0.6) is 0 Å². The lowest BCUT2D eigenvalue weighted by Crippen LogP contribution is -2.28. The molecule has 0 bridgehead atoms. The molecule has 1 fully saturated rings. The van der Waals surface area contributed by atoms with Crippen molar-refractivity contribution in [1.82, 2.24) is 0 Å². The summed E-state index contributed by atoms with van der Waals surface area (Å²) < 4.78 is 33.9. The third-order valence-electron chi connectivity index (χ3n) is 2.79. The second-order valence-corrected chi connectivity index (χ2v) is 6.87. The lowest BCUT2D eigenvalue weighted by atomic mass is 10.00. The van der Waals surface area contributed by atoms with E-state index in [2.05, 4.69) is 15.9 Å². The van der Waals surface area contributed by atoms with Crippen LogP contribution >= 0.6 is 15.9 Å². The Hall–Kier alpha value is -0.430. The van der Waals surface area contributed by atoms with Gasteiger partial charge in [-0.15, -0.1) is 0 Å². The molecule has 2 unspecified atom stereocenters. The van der Waals surface area contributed by atoms with E-state index >= 15 is 0 Å². The van der Waals surface area contributed by atoms with E-state index < -0.39 is 10.1 Å². The van der Waals surface area contributed by atoms with Gasteiger partial charge in [0.05, 0.1) is 18.5 Å². The molecule has 2 atom stereocenters. The van der Waals surface area contributed by atoms with Crippen molar-refractivity contribution in [3.8, 4) is 0 Å². The lowest BCUT2D eigenvalue weighted by Gasteiger charge is -2.29. The Morgan fingerprint density at radius 3 is 2.61 bits per heavy atom. The van der Waals surface area contributed by atoms with Crippen molar-refractivity contribution in [3.05, 3.63) is 34.3 Å². The van der Waals surface area contributed by atoms with E-state index in [-0.39, 0.29) is 12.2 Å². The van der Waals surface area contributed by atoms with Crippen LogP contribution in [0.15, 0.2) is 28.7 Å². The second kappa shape index (κ2) is 5.69. The predicted molar refractivity (Wildman–Crippen MR) is 71.8 cm³/mol. The lowest BCUT2D eigenvalue weighted by molar-refractivity contribution is -0.0342. The van der Waals surface area contributed by atoms with E-state index in [1.165, 1.54) is 0 Å². The van der Waals surface area contributed by atoms with E-state index in [4.69, 9.17) is 8.92 Å². The van der Waals surface area contributed by atoms with Crippen LogP contribution in [0, 0.1) is 0 Å². The minimum Gasteiger partial charge on any atom is -0.373 e. The van der Waals surface area contributed by atoms with Gasteiger partial charge in [-0.2, -0.15) is 8.42 Å². The first-order valence-corrected chi connectivity index (χ1v) is 8.30. The van der Waals surface area contributed by atoms with Gasteiger partial charge in [-0.3, -0.25) is 4.18 Å². The van der Waals surface area contributed by atoms with Crippen LogP contribution < -0.4 is 0 Å². The highest BCUT2D eigenvalue weighted by atomic mass is 79.9. The molecule has 0 N–H and O–H groups in total. The first kappa shape index (κ1) is 14.0. The molecule has 2 rings (SSSR count). The molecule has 1 aromatic rings. The summed E-state index contributed by atoms with van der Waals surface area (Å²) in [5, 5.41) is 0. The topological polar surface area (TPSA) is 52.6 Å². The monoisotopic (exact) mass is 334 g/mol. The van der Waals surface area contributed by atoms with E-state index in [0.717, 1.165) is 16.3 Å². The fourth-order valence-corrected chi connectivity index (χ4v) is 2.94. The maximum absolute atomic E-state index is 11.1. The third kappa shape index (κ3) is 4.05. The van der Waals surface area contributed by atoms with Gasteiger partial charge < -0.3 is 4.74 Å². The van der Waals surface area contributed by atoms with Crippen LogP contribution in [-0.4, -0.2) is 27.4 Å². The quantitative estimate of drug-likeness (QED) is 0.797. The highest BCUT2D eigenvalue weighted by Gasteiger charge is 2.26. The van der Waals surface area contributed by atoms with Gasteiger partial charge in [-0.25, -0.2) is 0 Å². The Balaban J connectivity index is 2.04. The molecule has 0 amide bonds. The Morgan fingerprint density at radius 1 is 1.33 bits per heavy atom. The average Bonchev–Trinajstić information content (AvgIpc) is 2.28. The van der Waals surface area contributed by atoms with Gasteiger partial charge in [0.2, 0.25) is 0 Å². The maximum atomic E-state index is 11.1. The zero-order chi connectivity index (χ0) is 13.2. The average molecular weight is 335 g/mol. The van der Waals surface area contributed by atoms with Crippen molar-refractivity contribution < 1.29 is 17.3 Å². The zero-order valence-corrected chi connectivity index (χ0v) is 12.4. The normalized spacial score (nSPS) is 25.0. The van der Waals surface area contributed by atoms with Gasteiger partial charge in [0.15, 0.2) is 0 Å². The summed E-state index contributed by atoms with van der Waals surface area (Å²) in [6.07, 6.45) is 1.87. The summed E-state index contributed by atoms with van der Waals surface area (Å²) in [7, 11) is -3.40. The minimum atomic E-state index is -3.40. The molecule has 1 aromatic carbocycles. The Bertz CT molecular complexity index is 497. The molecule has 1 saturated heterocycles. The minimum absolute atomic E-state index is 0.0985. The van der Waals surface area contributed by atoms with Crippen molar-refractivity contribution in [3.63, 3.8) is 0 Å². The number of benzene rings is 1. The molecule has 18 heavy (non-hydrogen) atoms. The van der Waals surface area contributed by atoms with Crippen LogP contribution in [0.4, 0.5) is 0 Å². The van der Waals surface area contributed by atoms with E-state index in [9.17, 15) is 8.42 Å². The van der Waals surface area contributed by atoms with E-state index in [0.29, 0.717) is 19.4 Å². The largest absolute Gasteiger partial charge is 0.373 e. The van der Waals surface area contributed by atoms with Crippen molar-refractivity contribution in [2.75, 3.05) is 12.9 Å². The molecule has 1 aliphatic rings. The SMILES string of the molecule is CS(=O)(=O)OC1CCOC(c2ccc(Br)cc2)C1. The van der Waals surface area contributed by atoms with Gasteiger partial charge in [0.25, 0.3) is 10.1 Å². The summed E-state index contributed by atoms with van der Waals surface area (Å²) >= 11 is 3.38. The highest BCUT2D eigenvalue weighted by molar-refractivity contribution is 9.10. The number of hydrogen-bond donors (Lipinski definition) is 0. The molecule has 100 valence electrons. The summed E-state index contributed by atoms with van der Waals surface area (Å²) in [5.74, 6) is 0. The molecule has 0 aliphatic carbocycles. The van der Waals surface area contributed by atoms with Gasteiger partial charge in [0, 0.05) is 17.5 Å². The molecule has 4 nitrogen and oxygen atoms in total. The smallest absolute Gasteiger partial charge is 0.264 e. The van der Waals surface area contributed by atoms with Gasteiger partial charge in [-0.05, 0) is 24.1 Å². The summed E-state index contributed by atoms with van der Waals surface area (Å²) in [6.45, 7) is 0.515. The maximum Gasteiger partial charge on any atom is 0.264 e. The molecule has 1 heterocycles. The van der Waals surface area contributed by atoms with Gasteiger partial charge >= 0.3 is 0 Å². The van der Waals surface area contributed by atoms with Gasteiger partial charge in [0.1, 0.15) is 0 Å². The summed E-state index contributed by atoms with van der Waals surface area (Å²) in [5.41, 5.74) is 1.04. The van der Waals surface area contributed by atoms with Crippen LogP contribution in [-0.2, 0) is 19.0 Å². The first-order chi connectivity index (χ1) is 8.44. The van der Waals surface area contributed by atoms with Crippen LogP contribution in [0.1, 0.15) is 24.5 Å². The van der Waals surface area contributed by atoms with Crippen molar-refractivity contribution in [1.29, 1.82) is 0 Å². The zero-order valence-electron chi connectivity index (χ0n) is 10.0. The molecule has 0 spiro atoms. The second-order valence-electron chi connectivity index (χ2n) is 4.36.